The number of rotatable bonds is 1. The molecular weight excluding hydrogens is 218 g/mol. The van der Waals surface area contributed by atoms with Crippen molar-refractivity contribution in [2.45, 2.75) is 52.0 Å². The monoisotopic (exact) mass is 239 g/mol. The lowest BCUT2D eigenvalue weighted by Crippen LogP contribution is -2.27. The van der Waals surface area contributed by atoms with Gasteiger partial charge in [-0.25, -0.2) is 0 Å². The average Bonchev–Trinajstić information content (AvgIpc) is 2.73. The average molecular weight is 239 g/mol. The molecule has 0 bridgehead atoms. The molecule has 1 fully saturated rings. The Morgan fingerprint density at radius 1 is 1.22 bits per heavy atom. The Morgan fingerprint density at radius 2 is 1.89 bits per heavy atom. The van der Waals surface area contributed by atoms with Gasteiger partial charge >= 0.3 is 0 Å². The maximum Gasteiger partial charge on any atom is 0.0930 e. The number of hydrogen-bond acceptors (Lipinski definition) is 1. The van der Waals surface area contributed by atoms with E-state index in [-0.39, 0.29) is 11.0 Å². The first-order valence-corrected chi connectivity index (χ1v) is 6.77. The van der Waals surface area contributed by atoms with Crippen molar-refractivity contribution in [2.75, 3.05) is 0 Å². The van der Waals surface area contributed by atoms with E-state index >= 15 is 0 Å². The van der Waals surface area contributed by atoms with E-state index in [0.717, 1.165) is 6.42 Å². The van der Waals surface area contributed by atoms with E-state index in [1.165, 1.54) is 33.5 Å². The zero-order valence-electron chi connectivity index (χ0n) is 12.0. The van der Waals surface area contributed by atoms with Gasteiger partial charge in [0.05, 0.1) is 5.54 Å². The molecule has 3 rings (SSSR count). The van der Waals surface area contributed by atoms with E-state index in [0.29, 0.717) is 0 Å². The summed E-state index contributed by atoms with van der Waals surface area (Å²) in [6, 6.07) is 4.58. The minimum absolute atomic E-state index is 0.0544. The molecule has 0 spiro atoms. The fraction of sp³-hybridized carbons (Fsp3) is 0.471. The van der Waals surface area contributed by atoms with Crippen molar-refractivity contribution in [3.8, 4) is 0 Å². The van der Waals surface area contributed by atoms with E-state index in [4.69, 9.17) is 4.99 Å². The molecule has 0 radical (unpaired) electrons. The van der Waals surface area contributed by atoms with Crippen molar-refractivity contribution in [1.82, 2.24) is 0 Å². The van der Waals surface area contributed by atoms with Gasteiger partial charge in [-0.2, -0.15) is 0 Å². The molecular formula is C17H21N. The molecule has 2 atom stereocenters. The zero-order valence-corrected chi connectivity index (χ0v) is 12.0. The summed E-state index contributed by atoms with van der Waals surface area (Å²) in [5, 5.41) is 0. The van der Waals surface area contributed by atoms with Crippen LogP contribution in [0.25, 0.3) is 0 Å². The lowest BCUT2D eigenvalue weighted by molar-refractivity contribution is 0.598. The Labute approximate surface area is 110 Å². The van der Waals surface area contributed by atoms with Gasteiger partial charge in [0.25, 0.3) is 0 Å². The maximum absolute atomic E-state index is 5.00. The van der Waals surface area contributed by atoms with Gasteiger partial charge in [-0.3, -0.25) is 4.99 Å². The smallest absolute Gasteiger partial charge is 0.0930 e. The fourth-order valence-corrected chi connectivity index (χ4v) is 3.79. The molecule has 1 heteroatoms. The molecule has 0 aromatic heterocycles. The van der Waals surface area contributed by atoms with Gasteiger partial charge < -0.3 is 0 Å². The zero-order chi connectivity index (χ0) is 13.3. The molecule has 2 aliphatic rings. The van der Waals surface area contributed by atoms with Gasteiger partial charge in [-0.1, -0.05) is 25.1 Å². The van der Waals surface area contributed by atoms with Crippen molar-refractivity contribution in [3.63, 3.8) is 0 Å². The molecule has 1 saturated carbocycles. The third kappa shape index (κ3) is 1.06. The van der Waals surface area contributed by atoms with Gasteiger partial charge in [-0.15, -0.1) is 0 Å². The topological polar surface area (TPSA) is 12.4 Å². The summed E-state index contributed by atoms with van der Waals surface area (Å²) in [7, 11) is 0. The van der Waals surface area contributed by atoms with Crippen molar-refractivity contribution in [2.24, 2.45) is 4.99 Å². The minimum atomic E-state index is -0.0641. The molecule has 1 aromatic carbocycles. The molecule has 0 saturated heterocycles. The molecule has 2 unspecified atom stereocenters. The molecule has 18 heavy (non-hydrogen) atoms. The van der Waals surface area contributed by atoms with Crippen LogP contribution in [0.5, 0.6) is 0 Å². The van der Waals surface area contributed by atoms with Gasteiger partial charge in [0.15, 0.2) is 0 Å². The van der Waals surface area contributed by atoms with E-state index < -0.39 is 0 Å². The van der Waals surface area contributed by atoms with Crippen LogP contribution >= 0.6 is 0 Å². The van der Waals surface area contributed by atoms with Crippen molar-refractivity contribution < 1.29 is 0 Å². The number of aliphatic imine (C=N–C) groups is 1. The molecule has 1 aliphatic heterocycles. The largest absolute Gasteiger partial charge is 0.277 e. The fourth-order valence-electron chi connectivity index (χ4n) is 3.79. The molecule has 1 nitrogen and oxygen atoms in total. The predicted molar refractivity (Wildman–Crippen MR) is 77.6 cm³/mol. The Kier molecular flexibility index (Phi) is 2.04. The quantitative estimate of drug-likeness (QED) is 0.654. The second-order valence-corrected chi connectivity index (χ2v) is 6.09. The van der Waals surface area contributed by atoms with Crippen LogP contribution in [0.1, 0.15) is 49.4 Å². The second-order valence-electron chi connectivity index (χ2n) is 6.09. The second kappa shape index (κ2) is 3.14. The van der Waals surface area contributed by atoms with Crippen molar-refractivity contribution >= 4 is 5.71 Å². The molecule has 94 valence electrons. The summed E-state index contributed by atoms with van der Waals surface area (Å²) < 4.78 is 0. The number of hydrogen-bond donors (Lipinski definition) is 0. The van der Waals surface area contributed by atoms with Crippen LogP contribution < -0.4 is 0 Å². The SMILES string of the molecule is C=C1C2(C)N=C(CC)c3cc(C)cc(C)c3C12C. The maximum atomic E-state index is 5.00. The summed E-state index contributed by atoms with van der Waals surface area (Å²) in [5.41, 5.74) is 8.04. The Morgan fingerprint density at radius 3 is 2.50 bits per heavy atom. The van der Waals surface area contributed by atoms with Crippen LogP contribution in [0, 0.1) is 13.8 Å². The number of benzene rings is 1. The third-order valence-corrected chi connectivity index (χ3v) is 5.09. The summed E-state index contributed by atoms with van der Waals surface area (Å²) in [6.45, 7) is 15.4. The Hall–Kier alpha value is -1.37. The van der Waals surface area contributed by atoms with Crippen molar-refractivity contribution in [3.05, 3.63) is 46.5 Å². The molecule has 1 aliphatic carbocycles. The molecule has 0 N–H and O–H groups in total. The van der Waals surface area contributed by atoms with E-state index in [1.54, 1.807) is 0 Å². The Bertz CT molecular complexity index is 608. The lowest BCUT2D eigenvalue weighted by Gasteiger charge is -2.27. The van der Waals surface area contributed by atoms with E-state index in [1.807, 2.05) is 0 Å². The number of fused-ring (bicyclic) bond motifs is 3. The standard InChI is InChI=1S/C17H21N/c1-7-14-13-9-10(2)8-11(3)15(13)16(5)12(4)17(16,6)18-14/h8-9H,4,7H2,1-3,5-6H3. The number of nitrogens with zero attached hydrogens (tertiary/aromatic N) is 1. The normalized spacial score (nSPS) is 32.7. The van der Waals surface area contributed by atoms with Crippen LogP contribution in [0.3, 0.4) is 0 Å². The summed E-state index contributed by atoms with van der Waals surface area (Å²) in [4.78, 5) is 5.00. The highest BCUT2D eigenvalue weighted by Gasteiger charge is 2.69. The van der Waals surface area contributed by atoms with Crippen LogP contribution in [0.2, 0.25) is 0 Å². The van der Waals surface area contributed by atoms with Gasteiger partial charge in [0.1, 0.15) is 0 Å². The third-order valence-electron chi connectivity index (χ3n) is 5.09. The first-order valence-electron chi connectivity index (χ1n) is 6.77. The first-order chi connectivity index (χ1) is 8.36. The highest BCUT2D eigenvalue weighted by Crippen LogP contribution is 2.67. The summed E-state index contributed by atoms with van der Waals surface area (Å²) >= 11 is 0. The highest BCUT2D eigenvalue weighted by atomic mass is 15.0. The summed E-state index contributed by atoms with van der Waals surface area (Å²) in [5.74, 6) is 0. The first kappa shape index (κ1) is 11.7. The Balaban J connectivity index is 2.38. The summed E-state index contributed by atoms with van der Waals surface area (Å²) in [6.07, 6.45) is 0.995. The van der Waals surface area contributed by atoms with Crippen molar-refractivity contribution in [1.29, 1.82) is 0 Å². The van der Waals surface area contributed by atoms with Gasteiger partial charge in [0.2, 0.25) is 0 Å². The van der Waals surface area contributed by atoms with Crippen LogP contribution in [-0.4, -0.2) is 11.3 Å². The lowest BCUT2D eigenvalue weighted by atomic mass is 9.80. The molecule has 1 heterocycles. The predicted octanol–water partition coefficient (Wildman–Crippen LogP) is 4.10. The van der Waals surface area contributed by atoms with E-state index in [2.05, 4.69) is 53.3 Å². The van der Waals surface area contributed by atoms with Gasteiger partial charge in [0, 0.05) is 16.7 Å². The van der Waals surface area contributed by atoms with Crippen LogP contribution in [0.15, 0.2) is 29.3 Å². The van der Waals surface area contributed by atoms with Crippen LogP contribution in [0.4, 0.5) is 0 Å². The van der Waals surface area contributed by atoms with Crippen LogP contribution in [-0.2, 0) is 5.41 Å². The minimum Gasteiger partial charge on any atom is -0.277 e. The number of aryl methyl sites for hydroxylation is 2. The highest BCUT2D eigenvalue weighted by molar-refractivity contribution is 6.06. The van der Waals surface area contributed by atoms with Gasteiger partial charge in [-0.05, 0) is 56.9 Å². The molecule has 1 aromatic rings. The molecule has 0 amide bonds. The van der Waals surface area contributed by atoms with E-state index in [9.17, 15) is 0 Å².